The lowest BCUT2D eigenvalue weighted by atomic mass is 10.2. The molecule has 0 saturated carbocycles. The molecule has 0 aliphatic rings. The minimum absolute atomic E-state index is 0.544. The molecule has 4 aromatic rings. The molecule has 7 heteroatoms. The third-order valence-electron chi connectivity index (χ3n) is 3.29. The number of nitrogens with zero attached hydrogens (tertiary/aromatic N) is 4. The van der Waals surface area contributed by atoms with Gasteiger partial charge in [0.05, 0.1) is 5.52 Å². The smallest absolute Gasteiger partial charge is 0.224 e. The van der Waals surface area contributed by atoms with Crippen molar-refractivity contribution in [1.29, 1.82) is 0 Å². The third-order valence-corrected chi connectivity index (χ3v) is 3.29. The van der Waals surface area contributed by atoms with Crippen LogP contribution in [-0.2, 0) is 0 Å². The lowest BCUT2D eigenvalue weighted by Gasteiger charge is -2.09. The van der Waals surface area contributed by atoms with Crippen molar-refractivity contribution >= 4 is 45.3 Å². The lowest BCUT2D eigenvalue weighted by Crippen LogP contribution is -2.00. The van der Waals surface area contributed by atoms with E-state index in [1.165, 1.54) is 6.33 Å². The number of nitrogens with one attached hydrogen (secondary N) is 2. The second kappa shape index (κ2) is 7.82. The maximum absolute atomic E-state index is 4.64. The Hall–Kier alpha value is -2.55. The zero-order chi connectivity index (χ0) is 16.8. The van der Waals surface area contributed by atoms with E-state index in [9.17, 15) is 0 Å². The van der Waals surface area contributed by atoms with Gasteiger partial charge in [-0.15, -0.1) is 0 Å². The van der Waals surface area contributed by atoms with Crippen LogP contribution < -0.4 is 5.32 Å². The summed E-state index contributed by atoms with van der Waals surface area (Å²) in [5.74, 6) is 1.91. The van der Waals surface area contributed by atoms with Crippen molar-refractivity contribution in [1.82, 2.24) is 25.1 Å². The first-order valence-electron chi connectivity index (χ1n) is 7.22. The van der Waals surface area contributed by atoms with E-state index in [1.807, 2.05) is 59.5 Å². The summed E-state index contributed by atoms with van der Waals surface area (Å²) in [4.78, 5) is 15.3. The molecule has 120 valence electrons. The highest BCUT2D eigenvalue weighted by atomic mass is 127. The van der Waals surface area contributed by atoms with Gasteiger partial charge in [0.15, 0.2) is 5.82 Å². The third kappa shape index (κ3) is 3.51. The minimum Gasteiger partial charge on any atom is -0.309 e. The van der Waals surface area contributed by atoms with E-state index in [-0.39, 0.29) is 0 Å². The van der Waals surface area contributed by atoms with Crippen LogP contribution in [0, 0.1) is 0 Å². The van der Waals surface area contributed by atoms with E-state index in [0.29, 0.717) is 17.6 Å². The van der Waals surface area contributed by atoms with Crippen LogP contribution in [0.2, 0.25) is 0 Å². The van der Waals surface area contributed by atoms with E-state index in [2.05, 4.69) is 53.1 Å². The van der Waals surface area contributed by atoms with Gasteiger partial charge in [-0.25, -0.2) is 15.1 Å². The Morgan fingerprint density at radius 2 is 1.67 bits per heavy atom. The number of H-pyrrole nitrogens is 1. The van der Waals surface area contributed by atoms with Gasteiger partial charge in [0.1, 0.15) is 12.1 Å². The van der Waals surface area contributed by atoms with Gasteiger partial charge in [-0.2, -0.15) is 10.1 Å². The van der Waals surface area contributed by atoms with Gasteiger partial charge in [-0.1, -0.05) is 65.1 Å². The highest BCUT2D eigenvalue weighted by molar-refractivity contribution is 14.1. The SMILES string of the molecule is CI.c1ccc(-c2nc(Nc3ncn[nH]3)c3ccccc3n2)cc1. The number of fused-ring (bicyclic) bond motifs is 1. The van der Waals surface area contributed by atoms with Crippen LogP contribution in [0.15, 0.2) is 60.9 Å². The van der Waals surface area contributed by atoms with Gasteiger partial charge in [-0.05, 0) is 17.1 Å². The van der Waals surface area contributed by atoms with Gasteiger partial charge < -0.3 is 5.32 Å². The summed E-state index contributed by atoms with van der Waals surface area (Å²) >= 11 is 2.15. The van der Waals surface area contributed by atoms with Crippen molar-refractivity contribution in [3.63, 3.8) is 0 Å². The van der Waals surface area contributed by atoms with Crippen LogP contribution >= 0.6 is 22.6 Å². The van der Waals surface area contributed by atoms with Gasteiger partial charge in [0.2, 0.25) is 5.95 Å². The average Bonchev–Trinajstić information content (AvgIpc) is 3.17. The fourth-order valence-corrected chi connectivity index (χ4v) is 2.27. The molecule has 2 aromatic carbocycles. The molecule has 0 aliphatic heterocycles. The van der Waals surface area contributed by atoms with Crippen molar-refractivity contribution in [2.24, 2.45) is 0 Å². The van der Waals surface area contributed by atoms with Crippen LogP contribution in [0.5, 0.6) is 0 Å². The number of benzene rings is 2. The van der Waals surface area contributed by atoms with Gasteiger partial charge in [0, 0.05) is 10.9 Å². The molecule has 0 atom stereocenters. The lowest BCUT2D eigenvalue weighted by molar-refractivity contribution is 1.09. The van der Waals surface area contributed by atoms with Crippen LogP contribution in [-0.4, -0.2) is 30.1 Å². The zero-order valence-corrected chi connectivity index (χ0v) is 15.1. The molecular weight excluding hydrogens is 415 g/mol. The number of rotatable bonds is 3. The van der Waals surface area contributed by atoms with E-state index in [4.69, 9.17) is 0 Å². The molecule has 0 radical (unpaired) electrons. The number of anilines is 2. The predicted octanol–water partition coefficient (Wildman–Crippen LogP) is 4.21. The maximum atomic E-state index is 4.64. The normalized spacial score (nSPS) is 10.1. The first-order chi connectivity index (χ1) is 11.9. The summed E-state index contributed by atoms with van der Waals surface area (Å²) in [5.41, 5.74) is 1.84. The Bertz CT molecular complexity index is 909. The minimum atomic E-state index is 0.544. The summed E-state index contributed by atoms with van der Waals surface area (Å²) in [6.07, 6.45) is 1.45. The average molecular weight is 430 g/mol. The molecule has 0 spiro atoms. The fraction of sp³-hybridized carbons (Fsp3) is 0.0588. The largest absolute Gasteiger partial charge is 0.309 e. The molecular formula is C17H15IN6. The number of aromatic amines is 1. The molecule has 0 aliphatic carbocycles. The maximum Gasteiger partial charge on any atom is 0.224 e. The molecule has 0 unspecified atom stereocenters. The fourth-order valence-electron chi connectivity index (χ4n) is 2.27. The number of aromatic nitrogens is 5. The number of para-hydroxylation sites is 1. The van der Waals surface area contributed by atoms with Gasteiger partial charge >= 0.3 is 0 Å². The summed E-state index contributed by atoms with van der Waals surface area (Å²) in [6.45, 7) is 0. The molecule has 0 fully saturated rings. The molecule has 0 amide bonds. The second-order valence-corrected chi connectivity index (χ2v) is 4.74. The van der Waals surface area contributed by atoms with Crippen molar-refractivity contribution in [2.75, 3.05) is 10.2 Å². The zero-order valence-electron chi connectivity index (χ0n) is 12.9. The molecule has 2 heterocycles. The number of alkyl halides is 1. The van der Waals surface area contributed by atoms with Crippen molar-refractivity contribution in [3.8, 4) is 11.4 Å². The standard InChI is InChI=1S/C16H12N6.CH3I/c1-2-6-11(7-3-1)14-19-13-9-5-4-8-12(13)15(20-14)21-16-17-10-18-22-16;1-2/h1-10H,(H2,17,18,19,20,21,22);1H3. The highest BCUT2D eigenvalue weighted by Crippen LogP contribution is 2.25. The predicted molar refractivity (Wildman–Crippen MR) is 105 cm³/mol. The molecule has 6 nitrogen and oxygen atoms in total. The first kappa shape index (κ1) is 16.3. The van der Waals surface area contributed by atoms with E-state index >= 15 is 0 Å². The van der Waals surface area contributed by atoms with Crippen molar-refractivity contribution < 1.29 is 0 Å². The molecule has 0 bridgehead atoms. The van der Waals surface area contributed by atoms with Crippen molar-refractivity contribution in [2.45, 2.75) is 0 Å². The molecule has 4 rings (SSSR count). The van der Waals surface area contributed by atoms with Crippen LogP contribution in [0.4, 0.5) is 11.8 Å². The number of halogens is 1. The summed E-state index contributed by atoms with van der Waals surface area (Å²) in [6, 6.07) is 17.7. The Kier molecular flexibility index (Phi) is 5.32. The Balaban J connectivity index is 0.000000815. The monoisotopic (exact) mass is 430 g/mol. The Morgan fingerprint density at radius 1 is 0.917 bits per heavy atom. The quantitative estimate of drug-likeness (QED) is 0.376. The Morgan fingerprint density at radius 3 is 2.42 bits per heavy atom. The molecule has 2 N–H and O–H groups in total. The topological polar surface area (TPSA) is 79.4 Å². The van der Waals surface area contributed by atoms with Crippen LogP contribution in [0.25, 0.3) is 22.3 Å². The highest BCUT2D eigenvalue weighted by Gasteiger charge is 2.10. The van der Waals surface area contributed by atoms with E-state index < -0.39 is 0 Å². The number of hydrogen-bond donors (Lipinski definition) is 2. The van der Waals surface area contributed by atoms with Gasteiger partial charge in [-0.3, -0.25) is 0 Å². The van der Waals surface area contributed by atoms with E-state index in [0.717, 1.165) is 16.5 Å². The molecule has 24 heavy (non-hydrogen) atoms. The van der Waals surface area contributed by atoms with Crippen LogP contribution in [0.3, 0.4) is 0 Å². The Labute approximate surface area is 152 Å². The molecule has 0 saturated heterocycles. The number of hydrogen-bond acceptors (Lipinski definition) is 5. The summed E-state index contributed by atoms with van der Waals surface area (Å²) in [5, 5.41) is 10.7. The van der Waals surface area contributed by atoms with E-state index in [1.54, 1.807) is 0 Å². The summed E-state index contributed by atoms with van der Waals surface area (Å²) in [7, 11) is 0. The first-order valence-corrected chi connectivity index (χ1v) is 9.38. The van der Waals surface area contributed by atoms with Gasteiger partial charge in [0.25, 0.3) is 0 Å². The van der Waals surface area contributed by atoms with Crippen LogP contribution in [0.1, 0.15) is 0 Å². The van der Waals surface area contributed by atoms with Crippen molar-refractivity contribution in [3.05, 3.63) is 60.9 Å². The molecule has 2 aromatic heterocycles. The summed E-state index contributed by atoms with van der Waals surface area (Å²) < 4.78 is 0. The second-order valence-electron chi connectivity index (χ2n) is 4.74.